The van der Waals surface area contributed by atoms with Crippen molar-refractivity contribution in [3.63, 3.8) is 0 Å². The lowest BCUT2D eigenvalue weighted by Crippen LogP contribution is -2.42. The highest BCUT2D eigenvalue weighted by Gasteiger charge is 2.19. The number of amides is 1. The molecule has 92 valence electrons. The van der Waals surface area contributed by atoms with E-state index in [1.54, 1.807) is 17.0 Å². The Morgan fingerprint density at radius 1 is 1.24 bits per heavy atom. The zero-order chi connectivity index (χ0) is 12.3. The molecular weight excluding hydrogens is 258 g/mol. The molecule has 0 unspecified atom stereocenters. The fraction of sp³-hybridized carbons (Fsp3) is 0.417. The minimum Gasteiger partial charge on any atom is -0.341 e. The predicted molar refractivity (Wildman–Crippen MR) is 69.6 cm³/mol. The van der Waals surface area contributed by atoms with Gasteiger partial charge in [0.25, 0.3) is 0 Å². The van der Waals surface area contributed by atoms with E-state index in [0.717, 1.165) is 5.56 Å². The standard InChI is InChI=1S/C12H14ClNO2S/c13-11-3-1-10(2-4-11)9-12(15)14-5-7-17(16)8-6-14/h1-4H,5-9H2. The lowest BCUT2D eigenvalue weighted by molar-refractivity contribution is -0.130. The summed E-state index contributed by atoms with van der Waals surface area (Å²) in [5.74, 6) is 1.31. The van der Waals surface area contributed by atoms with Crippen molar-refractivity contribution in [3.8, 4) is 0 Å². The molecule has 17 heavy (non-hydrogen) atoms. The molecule has 0 saturated carbocycles. The Kier molecular flexibility index (Phi) is 4.18. The largest absolute Gasteiger partial charge is 0.341 e. The van der Waals surface area contributed by atoms with Crippen LogP contribution in [0.15, 0.2) is 24.3 Å². The summed E-state index contributed by atoms with van der Waals surface area (Å²) in [7, 11) is -0.738. The number of nitrogens with zero attached hydrogens (tertiary/aromatic N) is 1. The molecular formula is C12H14ClNO2S. The number of halogens is 1. The summed E-state index contributed by atoms with van der Waals surface area (Å²) in [6.45, 7) is 1.22. The smallest absolute Gasteiger partial charge is 0.227 e. The van der Waals surface area contributed by atoms with Crippen molar-refractivity contribution in [2.24, 2.45) is 0 Å². The van der Waals surface area contributed by atoms with E-state index < -0.39 is 10.8 Å². The summed E-state index contributed by atoms with van der Waals surface area (Å²) in [5, 5.41) is 0.676. The van der Waals surface area contributed by atoms with Crippen molar-refractivity contribution in [1.29, 1.82) is 0 Å². The number of carbonyl (C=O) groups is 1. The molecule has 1 saturated heterocycles. The van der Waals surface area contributed by atoms with Crippen LogP contribution in [0, 0.1) is 0 Å². The van der Waals surface area contributed by atoms with Gasteiger partial charge in [0.1, 0.15) is 0 Å². The van der Waals surface area contributed by atoms with E-state index in [-0.39, 0.29) is 5.91 Å². The SMILES string of the molecule is O=C(Cc1ccc(Cl)cc1)N1CCS(=O)CC1. The minimum atomic E-state index is -0.738. The van der Waals surface area contributed by atoms with E-state index in [1.807, 2.05) is 12.1 Å². The second-order valence-corrected chi connectivity index (χ2v) is 6.16. The molecule has 1 fully saturated rings. The predicted octanol–water partition coefficient (Wildman–Crippen LogP) is 1.47. The highest BCUT2D eigenvalue weighted by molar-refractivity contribution is 7.85. The maximum atomic E-state index is 12.0. The van der Waals surface area contributed by atoms with Crippen molar-refractivity contribution in [2.75, 3.05) is 24.6 Å². The van der Waals surface area contributed by atoms with Crippen LogP contribution in [-0.4, -0.2) is 39.6 Å². The first-order chi connectivity index (χ1) is 8.15. The van der Waals surface area contributed by atoms with E-state index in [1.165, 1.54) is 0 Å². The second-order valence-electron chi connectivity index (χ2n) is 4.03. The lowest BCUT2D eigenvalue weighted by Gasteiger charge is -2.26. The molecule has 1 aromatic carbocycles. The number of benzene rings is 1. The van der Waals surface area contributed by atoms with Gasteiger partial charge >= 0.3 is 0 Å². The van der Waals surface area contributed by atoms with Crippen LogP contribution in [0.5, 0.6) is 0 Å². The van der Waals surface area contributed by atoms with Gasteiger partial charge in [0.05, 0.1) is 6.42 Å². The fourth-order valence-electron chi connectivity index (χ4n) is 1.78. The first-order valence-corrected chi connectivity index (χ1v) is 7.39. The van der Waals surface area contributed by atoms with E-state index >= 15 is 0 Å². The van der Waals surface area contributed by atoms with Crippen LogP contribution in [-0.2, 0) is 22.0 Å². The monoisotopic (exact) mass is 271 g/mol. The van der Waals surface area contributed by atoms with Gasteiger partial charge in [-0.1, -0.05) is 23.7 Å². The Bertz CT molecular complexity index is 423. The molecule has 0 atom stereocenters. The van der Waals surface area contributed by atoms with Gasteiger partial charge in [-0.25, -0.2) is 0 Å². The van der Waals surface area contributed by atoms with Gasteiger partial charge in [0.2, 0.25) is 5.91 Å². The Hall–Kier alpha value is -0.870. The number of hydrogen-bond acceptors (Lipinski definition) is 2. The third-order valence-electron chi connectivity index (χ3n) is 2.80. The van der Waals surface area contributed by atoms with Crippen LogP contribution in [0.25, 0.3) is 0 Å². The maximum Gasteiger partial charge on any atom is 0.227 e. The third-order valence-corrected chi connectivity index (χ3v) is 4.33. The summed E-state index contributed by atoms with van der Waals surface area (Å²) < 4.78 is 11.2. The average molecular weight is 272 g/mol. The zero-order valence-corrected chi connectivity index (χ0v) is 11.0. The van der Waals surface area contributed by atoms with Crippen LogP contribution in [0.2, 0.25) is 5.02 Å². The van der Waals surface area contributed by atoms with Crippen molar-refractivity contribution >= 4 is 28.3 Å². The molecule has 5 heteroatoms. The molecule has 1 heterocycles. The molecule has 0 aromatic heterocycles. The Morgan fingerprint density at radius 2 is 1.82 bits per heavy atom. The van der Waals surface area contributed by atoms with Crippen LogP contribution in [0.4, 0.5) is 0 Å². The van der Waals surface area contributed by atoms with Crippen molar-refractivity contribution < 1.29 is 9.00 Å². The molecule has 1 amide bonds. The number of carbonyl (C=O) groups excluding carboxylic acids is 1. The number of rotatable bonds is 2. The fourth-order valence-corrected chi connectivity index (χ4v) is 2.95. The molecule has 0 N–H and O–H groups in total. The topological polar surface area (TPSA) is 37.4 Å². The van der Waals surface area contributed by atoms with Gasteiger partial charge < -0.3 is 4.90 Å². The average Bonchev–Trinajstić information content (AvgIpc) is 2.33. The van der Waals surface area contributed by atoms with Gasteiger partial charge in [-0.2, -0.15) is 0 Å². The van der Waals surface area contributed by atoms with Crippen LogP contribution < -0.4 is 0 Å². The van der Waals surface area contributed by atoms with E-state index in [0.29, 0.717) is 36.0 Å². The van der Waals surface area contributed by atoms with Crippen LogP contribution >= 0.6 is 11.6 Å². The Balaban J connectivity index is 1.92. The summed E-state index contributed by atoms with van der Waals surface area (Å²) in [5.41, 5.74) is 0.964. The molecule has 0 spiro atoms. The normalized spacial score (nSPS) is 17.1. The molecule has 0 bridgehead atoms. The Morgan fingerprint density at radius 3 is 2.41 bits per heavy atom. The summed E-state index contributed by atoms with van der Waals surface area (Å²) in [6, 6.07) is 7.30. The van der Waals surface area contributed by atoms with Crippen molar-refractivity contribution in [2.45, 2.75) is 6.42 Å². The molecule has 2 rings (SSSR count). The molecule has 0 aliphatic carbocycles. The van der Waals surface area contributed by atoms with E-state index in [4.69, 9.17) is 11.6 Å². The highest BCUT2D eigenvalue weighted by Crippen LogP contribution is 2.11. The van der Waals surface area contributed by atoms with E-state index in [2.05, 4.69) is 0 Å². The molecule has 1 aliphatic rings. The minimum absolute atomic E-state index is 0.101. The third kappa shape index (κ3) is 3.54. The quantitative estimate of drug-likeness (QED) is 0.817. The molecule has 0 radical (unpaired) electrons. The molecule has 1 aliphatic heterocycles. The zero-order valence-electron chi connectivity index (χ0n) is 9.39. The van der Waals surface area contributed by atoms with Crippen LogP contribution in [0.1, 0.15) is 5.56 Å². The van der Waals surface area contributed by atoms with Gasteiger partial charge in [-0.15, -0.1) is 0 Å². The van der Waals surface area contributed by atoms with E-state index in [9.17, 15) is 9.00 Å². The second kappa shape index (κ2) is 5.65. The summed E-state index contributed by atoms with van der Waals surface area (Å²) >= 11 is 5.78. The van der Waals surface area contributed by atoms with Crippen LogP contribution in [0.3, 0.4) is 0 Å². The lowest BCUT2D eigenvalue weighted by atomic mass is 10.1. The van der Waals surface area contributed by atoms with Gasteiger partial charge in [0.15, 0.2) is 0 Å². The number of hydrogen-bond donors (Lipinski definition) is 0. The first kappa shape index (κ1) is 12.6. The Labute approximate surface area is 108 Å². The highest BCUT2D eigenvalue weighted by atomic mass is 35.5. The first-order valence-electron chi connectivity index (χ1n) is 5.52. The van der Waals surface area contributed by atoms with Gasteiger partial charge in [-0.3, -0.25) is 9.00 Å². The van der Waals surface area contributed by atoms with Crippen molar-refractivity contribution in [3.05, 3.63) is 34.9 Å². The summed E-state index contributed by atoms with van der Waals surface area (Å²) in [4.78, 5) is 13.7. The van der Waals surface area contributed by atoms with Gasteiger partial charge in [-0.05, 0) is 17.7 Å². The maximum absolute atomic E-state index is 12.0. The van der Waals surface area contributed by atoms with Crippen molar-refractivity contribution in [1.82, 2.24) is 4.90 Å². The van der Waals surface area contributed by atoms with Gasteiger partial charge in [0, 0.05) is 40.4 Å². The molecule has 1 aromatic rings. The molecule has 3 nitrogen and oxygen atoms in total. The summed E-state index contributed by atoms with van der Waals surface area (Å²) in [6.07, 6.45) is 0.393.